The maximum atomic E-state index is 12.3. The van der Waals surface area contributed by atoms with Crippen molar-refractivity contribution in [1.29, 1.82) is 0 Å². The summed E-state index contributed by atoms with van der Waals surface area (Å²) in [7, 11) is 0. The molecule has 0 spiro atoms. The smallest absolute Gasteiger partial charge is 0.389 e. The van der Waals surface area contributed by atoms with Crippen LogP contribution in [0.2, 0.25) is 0 Å². The predicted octanol–water partition coefficient (Wildman–Crippen LogP) is 3.55. The molecule has 0 aromatic rings. The van der Waals surface area contributed by atoms with Crippen LogP contribution in [0.1, 0.15) is 41.0 Å². The van der Waals surface area contributed by atoms with Gasteiger partial charge in [-0.1, -0.05) is 20.8 Å². The van der Waals surface area contributed by atoms with Gasteiger partial charge in [-0.15, -0.1) is 0 Å². The maximum absolute atomic E-state index is 12.3. The van der Waals surface area contributed by atoms with Crippen molar-refractivity contribution in [2.75, 3.05) is 0 Å². The largest absolute Gasteiger partial charge is 0.463 e. The molecule has 0 aliphatic rings. The Labute approximate surface area is 94.2 Å². The van der Waals surface area contributed by atoms with Crippen molar-refractivity contribution < 1.29 is 22.7 Å². The Bertz CT molecular complexity index is 239. The number of alkyl halides is 3. The second-order valence-corrected chi connectivity index (χ2v) is 5.22. The summed E-state index contributed by atoms with van der Waals surface area (Å²) in [5.74, 6) is -1.94. The normalized spacial score (nSPS) is 15.1. The molecule has 16 heavy (non-hydrogen) atoms. The van der Waals surface area contributed by atoms with Crippen molar-refractivity contribution >= 4 is 5.97 Å². The third-order valence-electron chi connectivity index (χ3n) is 2.12. The van der Waals surface area contributed by atoms with E-state index in [1.165, 1.54) is 0 Å². The quantitative estimate of drug-likeness (QED) is 0.705. The summed E-state index contributed by atoms with van der Waals surface area (Å²) >= 11 is 0. The molecule has 0 aromatic heterocycles. The average molecular weight is 240 g/mol. The Morgan fingerprint density at radius 1 is 1.19 bits per heavy atom. The van der Waals surface area contributed by atoms with Gasteiger partial charge in [0.05, 0.1) is 18.4 Å². The molecule has 0 fully saturated rings. The van der Waals surface area contributed by atoms with E-state index in [1.54, 1.807) is 34.6 Å². The first-order valence-corrected chi connectivity index (χ1v) is 5.20. The van der Waals surface area contributed by atoms with Gasteiger partial charge in [0, 0.05) is 0 Å². The van der Waals surface area contributed by atoms with Crippen molar-refractivity contribution in [2.45, 2.75) is 53.3 Å². The number of halogens is 3. The Morgan fingerprint density at radius 2 is 1.62 bits per heavy atom. The van der Waals surface area contributed by atoms with Gasteiger partial charge >= 0.3 is 12.1 Å². The van der Waals surface area contributed by atoms with Crippen molar-refractivity contribution in [3.05, 3.63) is 0 Å². The van der Waals surface area contributed by atoms with E-state index in [-0.39, 0.29) is 0 Å². The molecule has 0 aliphatic heterocycles. The van der Waals surface area contributed by atoms with Crippen LogP contribution < -0.4 is 0 Å². The molecule has 0 saturated heterocycles. The summed E-state index contributed by atoms with van der Waals surface area (Å²) in [5.41, 5.74) is -0.762. The van der Waals surface area contributed by atoms with Gasteiger partial charge in [0.15, 0.2) is 0 Å². The molecule has 1 atom stereocenters. The van der Waals surface area contributed by atoms with Crippen LogP contribution in [0.4, 0.5) is 13.2 Å². The second-order valence-electron chi connectivity index (χ2n) is 5.22. The molecule has 0 rings (SSSR count). The lowest BCUT2D eigenvalue weighted by atomic mass is 9.78. The lowest BCUT2D eigenvalue weighted by Crippen LogP contribution is -2.35. The standard InChI is InChI=1S/C11H19F3O2/c1-7(2)16-9(15)8(10(3,4)5)6-11(12,13)14/h7-8H,6H2,1-5H3. The minimum absolute atomic E-state index is 0.398. The van der Waals surface area contributed by atoms with E-state index in [0.29, 0.717) is 0 Å². The van der Waals surface area contributed by atoms with E-state index in [0.717, 1.165) is 0 Å². The minimum atomic E-state index is -4.35. The molecule has 0 aromatic carbocycles. The molecule has 0 N–H and O–H groups in total. The summed E-state index contributed by atoms with van der Waals surface area (Å²) in [6, 6.07) is 0. The molecule has 1 unspecified atom stereocenters. The topological polar surface area (TPSA) is 26.3 Å². The molecule has 0 heterocycles. The first-order valence-electron chi connectivity index (χ1n) is 5.20. The van der Waals surface area contributed by atoms with E-state index < -0.39 is 36.0 Å². The van der Waals surface area contributed by atoms with Gasteiger partial charge in [0.1, 0.15) is 0 Å². The molecular weight excluding hydrogens is 221 g/mol. The van der Waals surface area contributed by atoms with Gasteiger partial charge in [0.25, 0.3) is 0 Å². The number of esters is 1. The van der Waals surface area contributed by atoms with Crippen LogP contribution >= 0.6 is 0 Å². The molecule has 0 saturated carbocycles. The van der Waals surface area contributed by atoms with Crippen molar-refractivity contribution in [1.82, 2.24) is 0 Å². The average Bonchev–Trinajstić information content (AvgIpc) is 1.94. The molecule has 5 heteroatoms. The highest BCUT2D eigenvalue weighted by atomic mass is 19.4. The van der Waals surface area contributed by atoms with Crippen molar-refractivity contribution in [3.8, 4) is 0 Å². The lowest BCUT2D eigenvalue weighted by Gasteiger charge is -2.30. The Hall–Kier alpha value is -0.740. The number of hydrogen-bond acceptors (Lipinski definition) is 2. The maximum Gasteiger partial charge on any atom is 0.389 e. The number of carbonyl (C=O) groups is 1. The predicted molar refractivity (Wildman–Crippen MR) is 54.8 cm³/mol. The molecule has 96 valence electrons. The number of hydrogen-bond donors (Lipinski definition) is 0. The van der Waals surface area contributed by atoms with Crippen LogP contribution in [-0.2, 0) is 9.53 Å². The van der Waals surface area contributed by atoms with Crippen LogP contribution in [0.15, 0.2) is 0 Å². The summed E-state index contributed by atoms with van der Waals surface area (Å²) in [6.07, 6.45) is -5.89. The fourth-order valence-electron chi connectivity index (χ4n) is 1.29. The summed E-state index contributed by atoms with van der Waals surface area (Å²) < 4.78 is 41.8. The van der Waals surface area contributed by atoms with Crippen molar-refractivity contribution in [2.24, 2.45) is 11.3 Å². The zero-order chi connectivity index (χ0) is 13.1. The van der Waals surface area contributed by atoms with E-state index in [9.17, 15) is 18.0 Å². The Kier molecular flexibility index (Phi) is 4.83. The Balaban J connectivity index is 4.76. The van der Waals surface area contributed by atoms with Gasteiger partial charge in [-0.3, -0.25) is 4.79 Å². The first-order chi connectivity index (χ1) is 6.93. The SMILES string of the molecule is CC(C)OC(=O)C(CC(F)(F)F)C(C)(C)C. The zero-order valence-electron chi connectivity index (χ0n) is 10.3. The second kappa shape index (κ2) is 5.06. The fraction of sp³-hybridized carbons (Fsp3) is 0.909. The monoisotopic (exact) mass is 240 g/mol. The highest BCUT2D eigenvalue weighted by molar-refractivity contribution is 5.73. The highest BCUT2D eigenvalue weighted by Gasteiger charge is 2.42. The summed E-state index contributed by atoms with van der Waals surface area (Å²) in [5, 5.41) is 0. The van der Waals surface area contributed by atoms with Crippen LogP contribution in [0, 0.1) is 11.3 Å². The fourth-order valence-corrected chi connectivity index (χ4v) is 1.29. The molecule has 0 bridgehead atoms. The van der Waals surface area contributed by atoms with Gasteiger partial charge < -0.3 is 4.74 Å². The summed E-state index contributed by atoms with van der Waals surface area (Å²) in [6.45, 7) is 8.04. The summed E-state index contributed by atoms with van der Waals surface area (Å²) in [4.78, 5) is 11.6. The lowest BCUT2D eigenvalue weighted by molar-refractivity contribution is -0.178. The molecular formula is C11H19F3O2. The van der Waals surface area contributed by atoms with Crippen LogP contribution in [0.5, 0.6) is 0 Å². The van der Waals surface area contributed by atoms with Gasteiger partial charge in [0.2, 0.25) is 0 Å². The van der Waals surface area contributed by atoms with Gasteiger partial charge in [-0.2, -0.15) is 13.2 Å². The zero-order valence-corrected chi connectivity index (χ0v) is 10.3. The Morgan fingerprint density at radius 3 is 1.88 bits per heavy atom. The van der Waals surface area contributed by atoms with Crippen molar-refractivity contribution in [3.63, 3.8) is 0 Å². The van der Waals surface area contributed by atoms with E-state index in [2.05, 4.69) is 0 Å². The van der Waals surface area contributed by atoms with E-state index in [1.807, 2.05) is 0 Å². The van der Waals surface area contributed by atoms with Crippen LogP contribution in [0.3, 0.4) is 0 Å². The number of ether oxygens (including phenoxy) is 1. The van der Waals surface area contributed by atoms with Gasteiger partial charge in [-0.25, -0.2) is 0 Å². The number of carbonyl (C=O) groups excluding carboxylic acids is 1. The third-order valence-corrected chi connectivity index (χ3v) is 2.12. The molecule has 0 amide bonds. The van der Waals surface area contributed by atoms with Gasteiger partial charge in [-0.05, 0) is 19.3 Å². The highest BCUT2D eigenvalue weighted by Crippen LogP contribution is 2.36. The van der Waals surface area contributed by atoms with E-state index >= 15 is 0 Å². The minimum Gasteiger partial charge on any atom is -0.463 e. The van der Waals surface area contributed by atoms with Crippen LogP contribution in [0.25, 0.3) is 0 Å². The van der Waals surface area contributed by atoms with Crippen LogP contribution in [-0.4, -0.2) is 18.2 Å². The molecule has 0 radical (unpaired) electrons. The third kappa shape index (κ3) is 5.98. The molecule has 2 nitrogen and oxygen atoms in total. The number of rotatable bonds is 3. The van der Waals surface area contributed by atoms with E-state index in [4.69, 9.17) is 4.74 Å². The first kappa shape index (κ1) is 15.3. The molecule has 0 aliphatic carbocycles.